The first-order valence-corrected chi connectivity index (χ1v) is 8.74. The van der Waals surface area contributed by atoms with Gasteiger partial charge in [0.2, 0.25) is 0 Å². The Morgan fingerprint density at radius 3 is 2.38 bits per heavy atom. The Morgan fingerprint density at radius 2 is 1.75 bits per heavy atom. The third-order valence-electron chi connectivity index (χ3n) is 3.90. The molecular weight excluding hydrogens is 300 g/mol. The minimum Gasteiger partial charge on any atom is -0.383 e. The molecule has 0 bridgehead atoms. The van der Waals surface area contributed by atoms with Crippen molar-refractivity contribution in [1.82, 2.24) is 15.5 Å². The number of aryl methyl sites for hydroxylation is 2. The zero-order valence-electron chi connectivity index (χ0n) is 16.0. The second-order valence-corrected chi connectivity index (χ2v) is 6.32. The Labute approximate surface area is 147 Å². The van der Waals surface area contributed by atoms with Gasteiger partial charge in [-0.3, -0.25) is 4.99 Å². The topological polar surface area (TPSA) is 48.9 Å². The minimum atomic E-state index is 0.783. The standard InChI is InChI=1S/C19H34N4O/c1-16-13-17(2)15-18(14-16)7-9-22-19(20-3)21-8-6-10-23(4)11-12-24-5/h13-15H,6-12H2,1-5H3,(H2,20,21,22). The van der Waals surface area contributed by atoms with Crippen LogP contribution >= 0.6 is 0 Å². The normalized spacial score (nSPS) is 11.8. The maximum absolute atomic E-state index is 5.08. The van der Waals surface area contributed by atoms with Crippen molar-refractivity contribution >= 4 is 5.96 Å². The molecule has 136 valence electrons. The summed E-state index contributed by atoms with van der Waals surface area (Å²) in [7, 11) is 5.68. The number of nitrogens with zero attached hydrogens (tertiary/aromatic N) is 2. The van der Waals surface area contributed by atoms with Crippen LogP contribution in [-0.2, 0) is 11.2 Å². The maximum Gasteiger partial charge on any atom is 0.190 e. The monoisotopic (exact) mass is 334 g/mol. The van der Waals surface area contributed by atoms with Gasteiger partial charge in [0.05, 0.1) is 6.61 Å². The van der Waals surface area contributed by atoms with Crippen molar-refractivity contribution in [3.8, 4) is 0 Å². The van der Waals surface area contributed by atoms with Gasteiger partial charge in [0, 0.05) is 33.8 Å². The van der Waals surface area contributed by atoms with E-state index in [4.69, 9.17) is 4.74 Å². The van der Waals surface area contributed by atoms with Crippen LogP contribution in [0.5, 0.6) is 0 Å². The first-order valence-electron chi connectivity index (χ1n) is 8.74. The van der Waals surface area contributed by atoms with Crippen LogP contribution < -0.4 is 10.6 Å². The number of guanidine groups is 1. The van der Waals surface area contributed by atoms with Crippen LogP contribution in [-0.4, -0.2) is 64.9 Å². The predicted molar refractivity (Wildman–Crippen MR) is 103 cm³/mol. The Hall–Kier alpha value is -1.59. The zero-order chi connectivity index (χ0) is 17.8. The average molecular weight is 335 g/mol. The van der Waals surface area contributed by atoms with Crippen LogP contribution in [0, 0.1) is 13.8 Å². The number of hydrogen-bond acceptors (Lipinski definition) is 3. The third-order valence-corrected chi connectivity index (χ3v) is 3.90. The molecule has 0 aromatic heterocycles. The van der Waals surface area contributed by atoms with E-state index >= 15 is 0 Å². The van der Waals surface area contributed by atoms with Crippen molar-refractivity contribution in [2.24, 2.45) is 4.99 Å². The lowest BCUT2D eigenvalue weighted by Gasteiger charge is -2.17. The van der Waals surface area contributed by atoms with E-state index in [2.05, 4.69) is 59.6 Å². The molecule has 1 rings (SSSR count). The van der Waals surface area contributed by atoms with Gasteiger partial charge in [0.15, 0.2) is 5.96 Å². The lowest BCUT2D eigenvalue weighted by atomic mass is 10.1. The van der Waals surface area contributed by atoms with Crippen molar-refractivity contribution in [1.29, 1.82) is 0 Å². The van der Waals surface area contributed by atoms with Gasteiger partial charge in [-0.15, -0.1) is 0 Å². The number of ether oxygens (including phenoxy) is 1. The van der Waals surface area contributed by atoms with Crippen LogP contribution in [0.3, 0.4) is 0 Å². The van der Waals surface area contributed by atoms with E-state index < -0.39 is 0 Å². The molecule has 0 spiro atoms. The number of aliphatic imine (C=N–C) groups is 1. The Bertz CT molecular complexity index is 482. The van der Waals surface area contributed by atoms with Crippen molar-refractivity contribution in [2.45, 2.75) is 26.7 Å². The zero-order valence-corrected chi connectivity index (χ0v) is 16.0. The summed E-state index contributed by atoms with van der Waals surface area (Å²) >= 11 is 0. The molecule has 0 heterocycles. The summed E-state index contributed by atoms with van der Waals surface area (Å²) in [5.74, 6) is 0.874. The summed E-state index contributed by atoms with van der Waals surface area (Å²) < 4.78 is 5.08. The van der Waals surface area contributed by atoms with Crippen LogP contribution in [0.25, 0.3) is 0 Å². The molecule has 5 nitrogen and oxygen atoms in total. The van der Waals surface area contributed by atoms with E-state index in [1.807, 2.05) is 7.05 Å². The smallest absolute Gasteiger partial charge is 0.190 e. The number of hydrogen-bond donors (Lipinski definition) is 2. The fourth-order valence-electron chi connectivity index (χ4n) is 2.67. The molecule has 0 aliphatic carbocycles. The Balaban J connectivity index is 2.21. The fourth-order valence-corrected chi connectivity index (χ4v) is 2.67. The molecule has 5 heteroatoms. The molecule has 0 saturated carbocycles. The van der Waals surface area contributed by atoms with Crippen LogP contribution in [0.2, 0.25) is 0 Å². The highest BCUT2D eigenvalue weighted by atomic mass is 16.5. The maximum atomic E-state index is 5.08. The highest BCUT2D eigenvalue weighted by Crippen LogP contribution is 2.08. The van der Waals surface area contributed by atoms with Crippen molar-refractivity contribution in [2.75, 3.05) is 54.0 Å². The third kappa shape index (κ3) is 8.89. The van der Waals surface area contributed by atoms with Gasteiger partial charge in [0.1, 0.15) is 0 Å². The summed E-state index contributed by atoms with van der Waals surface area (Å²) in [5, 5.41) is 6.76. The van der Waals surface area contributed by atoms with Gasteiger partial charge in [0.25, 0.3) is 0 Å². The Morgan fingerprint density at radius 1 is 1.08 bits per heavy atom. The molecule has 0 radical (unpaired) electrons. The average Bonchev–Trinajstić information content (AvgIpc) is 2.54. The predicted octanol–water partition coefficient (Wildman–Crippen LogP) is 1.98. The first kappa shape index (κ1) is 20.5. The summed E-state index contributed by atoms with van der Waals surface area (Å²) in [6.07, 6.45) is 2.08. The first-order chi connectivity index (χ1) is 11.5. The van der Waals surface area contributed by atoms with Gasteiger partial charge in [-0.05, 0) is 45.8 Å². The summed E-state index contributed by atoms with van der Waals surface area (Å²) in [6.45, 7) is 8.90. The molecule has 0 fully saturated rings. The summed E-state index contributed by atoms with van der Waals surface area (Å²) in [5.41, 5.74) is 4.02. The summed E-state index contributed by atoms with van der Waals surface area (Å²) in [4.78, 5) is 6.56. The number of rotatable bonds is 10. The molecule has 1 aromatic rings. The molecule has 24 heavy (non-hydrogen) atoms. The number of likely N-dealkylation sites (N-methyl/N-ethyl adjacent to an activating group) is 1. The van der Waals surface area contributed by atoms with Gasteiger partial charge in [-0.1, -0.05) is 29.3 Å². The quantitative estimate of drug-likeness (QED) is 0.390. The Kier molecular flexibility index (Phi) is 10.1. The molecule has 1 aromatic carbocycles. The molecular formula is C19H34N4O. The van der Waals surface area contributed by atoms with Crippen LogP contribution in [0.4, 0.5) is 0 Å². The molecule has 0 unspecified atom stereocenters. The van der Waals surface area contributed by atoms with E-state index in [1.165, 1.54) is 16.7 Å². The highest BCUT2D eigenvalue weighted by Gasteiger charge is 2.01. The molecule has 0 aliphatic rings. The van der Waals surface area contributed by atoms with Gasteiger partial charge in [-0.2, -0.15) is 0 Å². The van der Waals surface area contributed by atoms with Crippen LogP contribution in [0.1, 0.15) is 23.1 Å². The highest BCUT2D eigenvalue weighted by molar-refractivity contribution is 5.79. The minimum absolute atomic E-state index is 0.783. The number of nitrogens with one attached hydrogen (secondary N) is 2. The SMILES string of the molecule is CN=C(NCCCN(C)CCOC)NCCc1cc(C)cc(C)c1. The second-order valence-electron chi connectivity index (χ2n) is 6.32. The molecule has 2 N–H and O–H groups in total. The van der Waals surface area contributed by atoms with E-state index in [0.29, 0.717) is 0 Å². The largest absolute Gasteiger partial charge is 0.383 e. The molecule has 0 aliphatic heterocycles. The van der Waals surface area contributed by atoms with E-state index in [1.54, 1.807) is 7.11 Å². The lowest BCUT2D eigenvalue weighted by Crippen LogP contribution is -2.39. The van der Waals surface area contributed by atoms with E-state index in [9.17, 15) is 0 Å². The fraction of sp³-hybridized carbons (Fsp3) is 0.632. The lowest BCUT2D eigenvalue weighted by molar-refractivity contribution is 0.161. The molecule has 0 atom stereocenters. The van der Waals surface area contributed by atoms with E-state index in [0.717, 1.165) is 51.6 Å². The van der Waals surface area contributed by atoms with Crippen molar-refractivity contribution in [3.63, 3.8) is 0 Å². The summed E-state index contributed by atoms with van der Waals surface area (Å²) in [6, 6.07) is 6.71. The van der Waals surface area contributed by atoms with Gasteiger partial charge >= 0.3 is 0 Å². The van der Waals surface area contributed by atoms with E-state index in [-0.39, 0.29) is 0 Å². The van der Waals surface area contributed by atoms with Gasteiger partial charge < -0.3 is 20.3 Å². The number of benzene rings is 1. The molecule has 0 amide bonds. The van der Waals surface area contributed by atoms with Crippen molar-refractivity contribution < 1.29 is 4.74 Å². The number of methoxy groups -OCH3 is 1. The van der Waals surface area contributed by atoms with Crippen LogP contribution in [0.15, 0.2) is 23.2 Å². The molecule has 0 saturated heterocycles. The second kappa shape index (κ2) is 11.9. The van der Waals surface area contributed by atoms with Gasteiger partial charge in [-0.25, -0.2) is 0 Å². The van der Waals surface area contributed by atoms with Crippen molar-refractivity contribution in [3.05, 3.63) is 34.9 Å².